The minimum absolute atomic E-state index is 0.0370. The highest BCUT2D eigenvalue weighted by Gasteiger charge is 2.19. The van der Waals surface area contributed by atoms with Gasteiger partial charge >= 0.3 is 0 Å². The summed E-state index contributed by atoms with van der Waals surface area (Å²) >= 11 is 3.53. The van der Waals surface area contributed by atoms with Gasteiger partial charge in [0.2, 0.25) is 0 Å². The van der Waals surface area contributed by atoms with E-state index in [0.717, 1.165) is 18.4 Å². The summed E-state index contributed by atoms with van der Waals surface area (Å²) in [6, 6.07) is 0. The first kappa shape index (κ1) is 13.4. The average Bonchev–Trinajstić information content (AvgIpc) is 2.05. The van der Waals surface area contributed by atoms with Crippen LogP contribution >= 0.6 is 15.9 Å². The van der Waals surface area contributed by atoms with Crippen LogP contribution in [0.15, 0.2) is 0 Å². The Labute approximate surface area is 91.4 Å². The van der Waals surface area contributed by atoms with E-state index in [2.05, 4.69) is 50.5 Å². The van der Waals surface area contributed by atoms with Gasteiger partial charge in [-0.1, -0.05) is 36.7 Å². The minimum atomic E-state index is 0.0370. The zero-order chi connectivity index (χ0) is 10.5. The molecule has 80 valence electrons. The van der Waals surface area contributed by atoms with Gasteiger partial charge in [-0.25, -0.2) is 0 Å². The molecule has 0 bridgehead atoms. The Kier molecular flexibility index (Phi) is 6.23. The predicted molar refractivity (Wildman–Crippen MR) is 62.4 cm³/mol. The van der Waals surface area contributed by atoms with E-state index in [-0.39, 0.29) is 5.60 Å². The molecule has 0 N–H and O–H groups in total. The second-order valence-electron chi connectivity index (χ2n) is 4.58. The maximum absolute atomic E-state index is 5.86. The van der Waals surface area contributed by atoms with Crippen LogP contribution in [0.3, 0.4) is 0 Å². The molecule has 1 nitrogen and oxygen atoms in total. The first-order chi connectivity index (χ1) is 5.93. The molecule has 0 aliphatic rings. The van der Waals surface area contributed by atoms with Gasteiger partial charge in [-0.3, -0.25) is 0 Å². The molecule has 1 atom stereocenters. The number of hydrogen-bond acceptors (Lipinski definition) is 1. The summed E-state index contributed by atoms with van der Waals surface area (Å²) in [5.74, 6) is 1.32. The molecule has 0 aromatic carbocycles. The molecule has 0 spiro atoms. The Morgan fingerprint density at radius 1 is 1.31 bits per heavy atom. The highest BCUT2D eigenvalue weighted by molar-refractivity contribution is 9.09. The normalized spacial score (nSPS) is 15.0. The molecule has 1 unspecified atom stereocenters. The van der Waals surface area contributed by atoms with E-state index in [4.69, 9.17) is 4.74 Å². The highest BCUT2D eigenvalue weighted by Crippen LogP contribution is 2.19. The quantitative estimate of drug-likeness (QED) is 0.651. The maximum Gasteiger partial charge on any atom is 0.0624 e. The fourth-order valence-corrected chi connectivity index (χ4v) is 1.78. The SMILES string of the molecule is CCC(C)(C)OCC(CBr)C(C)C. The zero-order valence-electron chi connectivity index (χ0n) is 9.56. The van der Waals surface area contributed by atoms with Crippen LogP contribution in [-0.4, -0.2) is 17.5 Å². The van der Waals surface area contributed by atoms with Crippen molar-refractivity contribution in [2.24, 2.45) is 11.8 Å². The van der Waals surface area contributed by atoms with Crippen LogP contribution in [0.2, 0.25) is 0 Å². The third-order valence-electron chi connectivity index (χ3n) is 2.68. The van der Waals surface area contributed by atoms with Crippen molar-refractivity contribution in [2.45, 2.75) is 46.6 Å². The topological polar surface area (TPSA) is 9.23 Å². The number of halogens is 1. The molecule has 0 saturated heterocycles. The van der Waals surface area contributed by atoms with Crippen LogP contribution < -0.4 is 0 Å². The number of alkyl halides is 1. The summed E-state index contributed by atoms with van der Waals surface area (Å²) in [6.07, 6.45) is 1.07. The molecule has 0 aromatic rings. The maximum atomic E-state index is 5.86. The summed E-state index contributed by atoms with van der Waals surface area (Å²) < 4.78 is 5.86. The number of ether oxygens (including phenoxy) is 1. The highest BCUT2D eigenvalue weighted by atomic mass is 79.9. The summed E-state index contributed by atoms with van der Waals surface area (Å²) in [7, 11) is 0. The van der Waals surface area contributed by atoms with Gasteiger partial charge < -0.3 is 4.74 Å². The summed E-state index contributed by atoms with van der Waals surface area (Å²) in [4.78, 5) is 0. The molecular formula is C11H23BrO. The second-order valence-corrected chi connectivity index (χ2v) is 5.23. The van der Waals surface area contributed by atoms with E-state index in [1.807, 2.05) is 0 Å². The van der Waals surface area contributed by atoms with Crippen molar-refractivity contribution in [3.63, 3.8) is 0 Å². The van der Waals surface area contributed by atoms with Crippen LogP contribution in [0.25, 0.3) is 0 Å². The Hall–Kier alpha value is 0.440. The van der Waals surface area contributed by atoms with E-state index in [9.17, 15) is 0 Å². The summed E-state index contributed by atoms with van der Waals surface area (Å²) in [6.45, 7) is 11.8. The van der Waals surface area contributed by atoms with Gasteiger partial charge in [0.05, 0.1) is 12.2 Å². The van der Waals surface area contributed by atoms with E-state index >= 15 is 0 Å². The monoisotopic (exact) mass is 250 g/mol. The Morgan fingerprint density at radius 2 is 1.85 bits per heavy atom. The lowest BCUT2D eigenvalue weighted by atomic mass is 9.98. The Morgan fingerprint density at radius 3 is 2.15 bits per heavy atom. The Balaban J connectivity index is 3.85. The molecule has 2 heteroatoms. The van der Waals surface area contributed by atoms with Crippen molar-refractivity contribution < 1.29 is 4.74 Å². The van der Waals surface area contributed by atoms with E-state index in [1.54, 1.807) is 0 Å². The first-order valence-corrected chi connectivity index (χ1v) is 6.25. The molecule has 0 saturated carbocycles. The van der Waals surface area contributed by atoms with Crippen molar-refractivity contribution in [3.05, 3.63) is 0 Å². The fourth-order valence-electron chi connectivity index (χ4n) is 0.850. The van der Waals surface area contributed by atoms with Crippen LogP contribution in [-0.2, 0) is 4.74 Å². The van der Waals surface area contributed by atoms with Crippen LogP contribution in [0.5, 0.6) is 0 Å². The largest absolute Gasteiger partial charge is 0.375 e. The van der Waals surface area contributed by atoms with Gasteiger partial charge in [0.25, 0.3) is 0 Å². The molecule has 0 radical (unpaired) electrons. The summed E-state index contributed by atoms with van der Waals surface area (Å²) in [5, 5.41) is 1.03. The van der Waals surface area contributed by atoms with Gasteiger partial charge in [0.15, 0.2) is 0 Å². The molecule has 0 rings (SSSR count). The smallest absolute Gasteiger partial charge is 0.0624 e. The van der Waals surface area contributed by atoms with Gasteiger partial charge in [0.1, 0.15) is 0 Å². The molecular weight excluding hydrogens is 228 g/mol. The second kappa shape index (κ2) is 6.02. The third kappa shape index (κ3) is 5.69. The standard InChI is InChI=1S/C11H23BrO/c1-6-11(4,5)13-8-10(7-12)9(2)3/h9-10H,6-8H2,1-5H3. The molecule has 0 fully saturated rings. The molecule has 0 aliphatic carbocycles. The van der Waals surface area contributed by atoms with Crippen LogP contribution in [0, 0.1) is 11.8 Å². The van der Waals surface area contributed by atoms with Crippen molar-refractivity contribution >= 4 is 15.9 Å². The first-order valence-electron chi connectivity index (χ1n) is 5.13. The molecule has 0 amide bonds. The van der Waals surface area contributed by atoms with E-state index < -0.39 is 0 Å². The van der Waals surface area contributed by atoms with Crippen molar-refractivity contribution in [3.8, 4) is 0 Å². The lowest BCUT2D eigenvalue weighted by molar-refractivity contribution is -0.0402. The molecule has 13 heavy (non-hydrogen) atoms. The summed E-state index contributed by atoms with van der Waals surface area (Å²) in [5.41, 5.74) is 0.0370. The predicted octanol–water partition coefficient (Wildman–Crippen LogP) is 3.86. The van der Waals surface area contributed by atoms with Crippen molar-refractivity contribution in [1.82, 2.24) is 0 Å². The Bertz CT molecular complexity index is 132. The van der Waals surface area contributed by atoms with Gasteiger partial charge in [-0.15, -0.1) is 0 Å². The van der Waals surface area contributed by atoms with Crippen LogP contribution in [0.4, 0.5) is 0 Å². The molecule has 0 aromatic heterocycles. The van der Waals surface area contributed by atoms with E-state index in [1.165, 1.54) is 0 Å². The van der Waals surface area contributed by atoms with Crippen molar-refractivity contribution in [2.75, 3.05) is 11.9 Å². The van der Waals surface area contributed by atoms with Gasteiger partial charge in [-0.05, 0) is 32.1 Å². The molecule has 0 heterocycles. The lowest BCUT2D eigenvalue weighted by Gasteiger charge is -2.27. The van der Waals surface area contributed by atoms with Crippen molar-refractivity contribution in [1.29, 1.82) is 0 Å². The minimum Gasteiger partial charge on any atom is -0.375 e. The fraction of sp³-hybridized carbons (Fsp3) is 1.00. The zero-order valence-corrected chi connectivity index (χ0v) is 11.1. The average molecular weight is 251 g/mol. The van der Waals surface area contributed by atoms with Gasteiger partial charge in [0, 0.05) is 5.33 Å². The number of rotatable bonds is 6. The van der Waals surface area contributed by atoms with Crippen LogP contribution in [0.1, 0.15) is 41.0 Å². The van der Waals surface area contributed by atoms with Gasteiger partial charge in [-0.2, -0.15) is 0 Å². The lowest BCUT2D eigenvalue weighted by Crippen LogP contribution is -2.28. The third-order valence-corrected chi connectivity index (χ3v) is 3.51. The molecule has 0 aliphatic heterocycles. The van der Waals surface area contributed by atoms with E-state index in [0.29, 0.717) is 11.8 Å². The number of hydrogen-bond donors (Lipinski definition) is 0.